The van der Waals surface area contributed by atoms with Gasteiger partial charge in [0.05, 0.1) is 30.0 Å². The third-order valence-electron chi connectivity index (χ3n) is 6.61. The molecule has 0 saturated carbocycles. The van der Waals surface area contributed by atoms with Gasteiger partial charge in [0, 0.05) is 25.8 Å². The third kappa shape index (κ3) is 4.48. The van der Waals surface area contributed by atoms with E-state index in [0.29, 0.717) is 50.2 Å². The van der Waals surface area contributed by atoms with E-state index in [0.717, 1.165) is 10.9 Å². The van der Waals surface area contributed by atoms with Crippen LogP contribution in [-0.2, 0) is 24.1 Å². The maximum absolute atomic E-state index is 13.2. The van der Waals surface area contributed by atoms with Gasteiger partial charge in [-0.1, -0.05) is 0 Å². The average Bonchev–Trinajstić information content (AvgIpc) is 3.35. The van der Waals surface area contributed by atoms with Crippen molar-refractivity contribution in [3.05, 3.63) is 36.2 Å². The van der Waals surface area contributed by atoms with E-state index in [1.165, 1.54) is 12.3 Å². The molecule has 1 amide bonds. The van der Waals surface area contributed by atoms with E-state index in [1.807, 2.05) is 4.90 Å². The largest absolute Gasteiger partial charge is 0.451 e. The lowest BCUT2D eigenvalue weighted by atomic mass is 9.77. The fourth-order valence-electron chi connectivity index (χ4n) is 4.74. The number of alkyl halides is 5. The SMILES string of the molecule is O=C1N(Cc2ccnc(C(F)(F)F)n2)CCC12CCN(c1cnc3cnn(CC(F)F)c3n1)CC2. The van der Waals surface area contributed by atoms with Crippen molar-refractivity contribution in [3.8, 4) is 0 Å². The number of amides is 1. The Balaban J connectivity index is 1.26. The highest BCUT2D eigenvalue weighted by molar-refractivity contribution is 5.85. The van der Waals surface area contributed by atoms with Crippen molar-refractivity contribution >= 4 is 22.9 Å². The monoisotopic (exact) mass is 496 g/mol. The summed E-state index contributed by atoms with van der Waals surface area (Å²) < 4.78 is 65.5. The van der Waals surface area contributed by atoms with Crippen LogP contribution in [0.2, 0.25) is 0 Å². The molecule has 3 aromatic rings. The second-order valence-corrected chi connectivity index (χ2v) is 8.77. The molecule has 0 radical (unpaired) electrons. The van der Waals surface area contributed by atoms with Gasteiger partial charge in [0.2, 0.25) is 11.7 Å². The highest BCUT2D eigenvalue weighted by Gasteiger charge is 2.48. The predicted molar refractivity (Wildman–Crippen MR) is 112 cm³/mol. The van der Waals surface area contributed by atoms with E-state index in [2.05, 4.69) is 25.0 Å². The second-order valence-electron chi connectivity index (χ2n) is 8.77. The number of likely N-dealkylation sites (tertiary alicyclic amines) is 1. The van der Waals surface area contributed by atoms with Gasteiger partial charge in [-0.05, 0) is 25.3 Å². The molecule has 1 spiro atoms. The fourth-order valence-corrected chi connectivity index (χ4v) is 4.74. The van der Waals surface area contributed by atoms with Crippen molar-refractivity contribution < 1.29 is 26.7 Å². The number of fused-ring (bicyclic) bond motifs is 1. The first-order chi connectivity index (χ1) is 16.6. The van der Waals surface area contributed by atoms with Gasteiger partial charge in [0.25, 0.3) is 6.43 Å². The number of carbonyl (C=O) groups is 1. The molecule has 35 heavy (non-hydrogen) atoms. The van der Waals surface area contributed by atoms with Crippen LogP contribution in [0.3, 0.4) is 0 Å². The summed E-state index contributed by atoms with van der Waals surface area (Å²) >= 11 is 0. The first-order valence-electron chi connectivity index (χ1n) is 11.0. The predicted octanol–water partition coefficient (Wildman–Crippen LogP) is 2.92. The summed E-state index contributed by atoms with van der Waals surface area (Å²) in [6.07, 6.45) is -1.55. The number of nitrogens with zero attached hydrogens (tertiary/aromatic N) is 8. The van der Waals surface area contributed by atoms with Gasteiger partial charge >= 0.3 is 6.18 Å². The Kier molecular flexibility index (Phi) is 5.75. The van der Waals surface area contributed by atoms with Crippen LogP contribution in [0.5, 0.6) is 0 Å². The maximum atomic E-state index is 13.2. The Morgan fingerprint density at radius 3 is 2.49 bits per heavy atom. The van der Waals surface area contributed by atoms with Crippen LogP contribution in [0.15, 0.2) is 24.7 Å². The van der Waals surface area contributed by atoms with Gasteiger partial charge in [-0.25, -0.2) is 33.4 Å². The van der Waals surface area contributed by atoms with Crippen molar-refractivity contribution in [1.82, 2.24) is 34.6 Å². The number of rotatable bonds is 5. The Morgan fingerprint density at radius 2 is 1.77 bits per heavy atom. The molecule has 186 valence electrons. The molecule has 2 aliphatic rings. The summed E-state index contributed by atoms with van der Waals surface area (Å²) in [5.74, 6) is -0.801. The van der Waals surface area contributed by atoms with Gasteiger partial charge in [-0.3, -0.25) is 4.79 Å². The molecule has 3 aromatic heterocycles. The van der Waals surface area contributed by atoms with Crippen LogP contribution in [-0.4, -0.2) is 66.6 Å². The van der Waals surface area contributed by atoms with Crippen molar-refractivity contribution in [1.29, 1.82) is 0 Å². The lowest BCUT2D eigenvalue weighted by Gasteiger charge is -2.38. The summed E-state index contributed by atoms with van der Waals surface area (Å²) in [5, 5.41) is 3.92. The zero-order valence-electron chi connectivity index (χ0n) is 18.4. The molecule has 0 unspecified atom stereocenters. The van der Waals surface area contributed by atoms with Gasteiger partial charge in [-0.2, -0.15) is 18.3 Å². The molecule has 0 atom stereocenters. The molecule has 0 aliphatic carbocycles. The van der Waals surface area contributed by atoms with Crippen LogP contribution in [0.1, 0.15) is 30.8 Å². The van der Waals surface area contributed by atoms with E-state index < -0.39 is 30.4 Å². The van der Waals surface area contributed by atoms with E-state index in [-0.39, 0.29) is 23.8 Å². The number of aromatic nitrogens is 6. The Morgan fingerprint density at radius 1 is 1.03 bits per heavy atom. The van der Waals surface area contributed by atoms with Gasteiger partial charge in [-0.15, -0.1) is 0 Å². The number of carbonyl (C=O) groups excluding carboxylic acids is 1. The number of halogens is 5. The molecule has 0 aromatic carbocycles. The minimum absolute atomic E-state index is 0.00777. The first kappa shape index (κ1) is 23.3. The standard InChI is InChI=1S/C21H21F5N8O/c22-15(23)12-34-17-14(9-29-34)28-10-16(31-17)32-6-2-20(3-7-32)4-8-33(19(20)35)11-13-1-5-27-18(30-13)21(24,25)26/h1,5,9-10,15H,2-4,6-8,11-12H2. The highest BCUT2D eigenvalue weighted by Crippen LogP contribution is 2.42. The Bertz CT molecular complexity index is 1240. The summed E-state index contributed by atoms with van der Waals surface area (Å²) in [6, 6.07) is 1.38. The molecule has 9 nitrogen and oxygen atoms in total. The summed E-state index contributed by atoms with van der Waals surface area (Å²) in [4.78, 5) is 32.3. The smallest absolute Gasteiger partial charge is 0.355 e. The Hall–Kier alpha value is -3.45. The van der Waals surface area contributed by atoms with Crippen LogP contribution in [0.4, 0.5) is 27.8 Å². The van der Waals surface area contributed by atoms with Crippen molar-refractivity contribution in [2.24, 2.45) is 5.41 Å². The van der Waals surface area contributed by atoms with Gasteiger partial charge in [0.1, 0.15) is 17.9 Å². The van der Waals surface area contributed by atoms with Crippen molar-refractivity contribution in [3.63, 3.8) is 0 Å². The fraction of sp³-hybridized carbons (Fsp3) is 0.524. The Labute approximate surface area is 196 Å². The van der Waals surface area contributed by atoms with Crippen molar-refractivity contribution in [2.45, 2.75) is 45.0 Å². The number of anilines is 1. The second kappa shape index (κ2) is 8.64. The molecule has 2 fully saturated rings. The molecular formula is C21H21F5N8O. The summed E-state index contributed by atoms with van der Waals surface area (Å²) in [5.41, 5.74) is 0.238. The van der Waals surface area contributed by atoms with E-state index in [9.17, 15) is 26.7 Å². The number of hydrogen-bond donors (Lipinski definition) is 0. The summed E-state index contributed by atoms with van der Waals surface area (Å²) in [7, 11) is 0. The zero-order chi connectivity index (χ0) is 24.8. The minimum Gasteiger partial charge on any atom is -0.355 e. The number of hydrogen-bond acceptors (Lipinski definition) is 7. The molecule has 0 N–H and O–H groups in total. The van der Waals surface area contributed by atoms with Crippen LogP contribution >= 0.6 is 0 Å². The van der Waals surface area contributed by atoms with Gasteiger partial charge in [0.15, 0.2) is 5.65 Å². The number of piperidine rings is 1. The highest BCUT2D eigenvalue weighted by atomic mass is 19.4. The molecular weight excluding hydrogens is 475 g/mol. The molecule has 5 heterocycles. The molecule has 14 heteroatoms. The molecule has 0 bridgehead atoms. The quantitative estimate of drug-likeness (QED) is 0.502. The van der Waals surface area contributed by atoms with E-state index in [1.54, 1.807) is 11.1 Å². The van der Waals surface area contributed by atoms with Crippen LogP contribution < -0.4 is 4.90 Å². The normalized spacial score (nSPS) is 18.4. The lowest BCUT2D eigenvalue weighted by Crippen LogP contribution is -2.45. The zero-order valence-corrected chi connectivity index (χ0v) is 18.4. The third-order valence-corrected chi connectivity index (χ3v) is 6.61. The lowest BCUT2D eigenvalue weighted by molar-refractivity contribution is -0.145. The molecule has 2 aliphatic heterocycles. The van der Waals surface area contributed by atoms with E-state index >= 15 is 0 Å². The first-order valence-corrected chi connectivity index (χ1v) is 11.0. The topological polar surface area (TPSA) is 92.9 Å². The minimum atomic E-state index is -4.65. The molecule has 2 saturated heterocycles. The van der Waals surface area contributed by atoms with E-state index in [4.69, 9.17) is 0 Å². The molecule has 5 rings (SSSR count). The van der Waals surface area contributed by atoms with Gasteiger partial charge < -0.3 is 9.80 Å². The summed E-state index contributed by atoms with van der Waals surface area (Å²) in [6.45, 7) is 0.865. The van der Waals surface area contributed by atoms with Crippen LogP contribution in [0.25, 0.3) is 11.2 Å². The van der Waals surface area contributed by atoms with Crippen LogP contribution in [0, 0.1) is 5.41 Å². The average molecular weight is 496 g/mol. The maximum Gasteiger partial charge on any atom is 0.451 e. The van der Waals surface area contributed by atoms with Crippen molar-refractivity contribution in [2.75, 3.05) is 24.5 Å².